The summed E-state index contributed by atoms with van der Waals surface area (Å²) in [5.74, 6) is -0.764. The maximum atomic E-state index is 15.7. The fourth-order valence-electron chi connectivity index (χ4n) is 4.68. The number of fused-ring (bicyclic) bond motifs is 6. The summed E-state index contributed by atoms with van der Waals surface area (Å²) in [5, 5.41) is 8.51. The highest BCUT2D eigenvalue weighted by Crippen LogP contribution is 2.40. The molecule has 0 bridgehead atoms. The molecule has 0 aromatic carbocycles. The van der Waals surface area contributed by atoms with E-state index in [0.29, 0.717) is 66.9 Å². The van der Waals surface area contributed by atoms with Crippen LogP contribution in [0.25, 0.3) is 11.3 Å². The van der Waals surface area contributed by atoms with Gasteiger partial charge in [-0.3, -0.25) is 9.59 Å². The minimum atomic E-state index is -0.541. The molecule has 5 heterocycles. The molecule has 4 N–H and O–H groups in total. The van der Waals surface area contributed by atoms with E-state index in [-0.39, 0.29) is 23.5 Å². The van der Waals surface area contributed by atoms with Crippen molar-refractivity contribution in [3.05, 3.63) is 52.0 Å². The van der Waals surface area contributed by atoms with Crippen LogP contribution in [0.4, 0.5) is 16.0 Å². The number of nitrogens with zero attached hydrogens (tertiary/aromatic N) is 3. The zero-order valence-electron chi connectivity index (χ0n) is 18.4. The molecule has 0 saturated heterocycles. The largest absolute Gasteiger partial charge is 0.357 e. The van der Waals surface area contributed by atoms with Crippen molar-refractivity contribution in [3.8, 4) is 11.3 Å². The lowest BCUT2D eigenvalue weighted by atomic mass is 9.88. The molecule has 6 rings (SSSR count). The molecule has 0 spiro atoms. The highest BCUT2D eigenvalue weighted by Gasteiger charge is 2.32. The number of aromatic amines is 1. The summed E-state index contributed by atoms with van der Waals surface area (Å²) in [6.07, 6.45) is 5.49. The lowest BCUT2D eigenvalue weighted by Gasteiger charge is -2.21. The van der Waals surface area contributed by atoms with Crippen molar-refractivity contribution in [2.75, 3.05) is 18.4 Å². The number of rotatable bonds is 2. The molecule has 2 amide bonds. The number of aromatic nitrogens is 4. The highest BCUT2D eigenvalue weighted by molar-refractivity contribution is 6.02. The number of H-pyrrole nitrogens is 1. The molecule has 2 aliphatic heterocycles. The number of pyridine rings is 1. The average molecular weight is 449 g/mol. The summed E-state index contributed by atoms with van der Waals surface area (Å²) >= 11 is 0. The molecule has 3 aromatic rings. The molecule has 0 unspecified atom stereocenters. The van der Waals surface area contributed by atoms with Gasteiger partial charge in [0, 0.05) is 43.4 Å². The van der Waals surface area contributed by atoms with E-state index in [0.717, 1.165) is 16.8 Å². The van der Waals surface area contributed by atoms with Gasteiger partial charge in [0.05, 0.1) is 17.0 Å². The quantitative estimate of drug-likeness (QED) is 0.476. The monoisotopic (exact) mass is 449 g/mol. The molecule has 3 aliphatic rings. The van der Waals surface area contributed by atoms with Gasteiger partial charge in [0.1, 0.15) is 17.7 Å². The number of carbonyl (C=O) groups is 2. The average Bonchev–Trinajstić information content (AvgIpc) is 3.22. The first-order chi connectivity index (χ1) is 16.1. The number of amides is 2. The number of hydrogen-bond donors (Lipinski definition) is 4. The van der Waals surface area contributed by atoms with E-state index < -0.39 is 5.82 Å². The lowest BCUT2D eigenvalue weighted by Crippen LogP contribution is -2.33. The van der Waals surface area contributed by atoms with Crippen molar-refractivity contribution >= 4 is 23.5 Å². The zero-order valence-corrected chi connectivity index (χ0v) is 18.4. The van der Waals surface area contributed by atoms with Crippen LogP contribution in [0.5, 0.6) is 0 Å². The summed E-state index contributed by atoms with van der Waals surface area (Å²) in [7, 11) is 0. The van der Waals surface area contributed by atoms with Crippen LogP contribution in [-0.2, 0) is 25.7 Å². The second kappa shape index (κ2) is 8.27. The first-order valence-electron chi connectivity index (χ1n) is 11.2. The van der Waals surface area contributed by atoms with Crippen LogP contribution in [-0.4, -0.2) is 44.8 Å². The Morgan fingerprint density at radius 1 is 0.879 bits per heavy atom. The van der Waals surface area contributed by atoms with Gasteiger partial charge in [-0.2, -0.15) is 0 Å². The van der Waals surface area contributed by atoms with Gasteiger partial charge in [0.2, 0.25) is 0 Å². The fourth-order valence-corrected chi connectivity index (χ4v) is 4.68. The molecule has 0 saturated carbocycles. The van der Waals surface area contributed by atoms with Crippen LogP contribution in [0, 0.1) is 5.82 Å². The van der Waals surface area contributed by atoms with Crippen molar-refractivity contribution < 1.29 is 14.0 Å². The highest BCUT2D eigenvalue weighted by atomic mass is 19.1. The van der Waals surface area contributed by atoms with E-state index in [1.807, 2.05) is 13.8 Å². The second-order valence-electron chi connectivity index (χ2n) is 7.83. The number of halogens is 1. The molecule has 1 aliphatic carbocycles. The maximum Gasteiger partial charge on any atom is 0.256 e. The van der Waals surface area contributed by atoms with Crippen LogP contribution in [0.15, 0.2) is 12.5 Å². The van der Waals surface area contributed by atoms with Crippen molar-refractivity contribution in [2.24, 2.45) is 0 Å². The van der Waals surface area contributed by atoms with Crippen molar-refractivity contribution in [3.63, 3.8) is 0 Å². The Morgan fingerprint density at radius 2 is 1.64 bits per heavy atom. The van der Waals surface area contributed by atoms with Gasteiger partial charge in [-0.1, -0.05) is 13.8 Å². The molecule has 9 nitrogen and oxygen atoms in total. The van der Waals surface area contributed by atoms with Gasteiger partial charge >= 0.3 is 0 Å². The van der Waals surface area contributed by atoms with Crippen LogP contribution >= 0.6 is 0 Å². The Balaban J connectivity index is 0.00000111. The molecule has 170 valence electrons. The summed E-state index contributed by atoms with van der Waals surface area (Å²) in [6.45, 7) is 5.06. The van der Waals surface area contributed by atoms with Crippen LogP contribution in [0.3, 0.4) is 0 Å². The van der Waals surface area contributed by atoms with E-state index in [9.17, 15) is 9.59 Å². The summed E-state index contributed by atoms with van der Waals surface area (Å²) in [4.78, 5) is 40.6. The molecule has 3 aromatic heterocycles. The van der Waals surface area contributed by atoms with Crippen LogP contribution < -0.4 is 16.0 Å². The Hall–Kier alpha value is -3.82. The lowest BCUT2D eigenvalue weighted by molar-refractivity contribution is 0.0937. The molecular weight excluding hydrogens is 425 g/mol. The predicted octanol–water partition coefficient (Wildman–Crippen LogP) is 2.45. The fraction of sp³-hybridized carbons (Fsp3) is 0.348. The predicted molar refractivity (Wildman–Crippen MR) is 120 cm³/mol. The third-order valence-corrected chi connectivity index (χ3v) is 6.10. The van der Waals surface area contributed by atoms with Crippen molar-refractivity contribution in [1.29, 1.82) is 0 Å². The normalized spacial score (nSPS) is 15.6. The Kier molecular flexibility index (Phi) is 5.27. The van der Waals surface area contributed by atoms with Gasteiger partial charge in [-0.05, 0) is 24.0 Å². The zero-order chi connectivity index (χ0) is 23.1. The molecular formula is C23H24FN7O2. The Morgan fingerprint density at radius 3 is 2.45 bits per heavy atom. The smallest absolute Gasteiger partial charge is 0.256 e. The second-order valence-corrected chi connectivity index (χ2v) is 7.83. The number of anilines is 2. The number of aryl methyl sites for hydroxylation is 1. The maximum absolute atomic E-state index is 15.7. The van der Waals surface area contributed by atoms with Crippen LogP contribution in [0.1, 0.15) is 57.1 Å². The van der Waals surface area contributed by atoms with Gasteiger partial charge in [0.15, 0.2) is 11.6 Å². The van der Waals surface area contributed by atoms with E-state index in [2.05, 4.69) is 35.9 Å². The number of nitrogens with one attached hydrogen (secondary N) is 4. The molecule has 33 heavy (non-hydrogen) atoms. The van der Waals surface area contributed by atoms with Gasteiger partial charge in [0.25, 0.3) is 11.8 Å². The minimum absolute atomic E-state index is 0.0251. The minimum Gasteiger partial charge on any atom is -0.357 e. The van der Waals surface area contributed by atoms with E-state index >= 15 is 4.39 Å². The number of hydrogen-bond acceptors (Lipinski definition) is 6. The molecule has 0 fully saturated rings. The van der Waals surface area contributed by atoms with E-state index in [1.165, 1.54) is 6.33 Å². The van der Waals surface area contributed by atoms with Gasteiger partial charge in [-0.25, -0.2) is 19.3 Å². The van der Waals surface area contributed by atoms with Crippen molar-refractivity contribution in [2.45, 2.75) is 39.5 Å². The molecule has 0 atom stereocenters. The van der Waals surface area contributed by atoms with Gasteiger partial charge in [-0.15, -0.1) is 0 Å². The SMILES string of the molecule is CC.O=C1NCCc2ncnc(Nc3ncc4c(c3F)-c3[nH]c5c(c3CC4)C(=O)NCC5)c21. The Labute approximate surface area is 189 Å². The van der Waals surface area contributed by atoms with Gasteiger partial charge < -0.3 is 20.9 Å². The summed E-state index contributed by atoms with van der Waals surface area (Å²) in [5.41, 5.74) is 5.06. The number of carbonyl (C=O) groups excluding carboxylic acids is 2. The summed E-state index contributed by atoms with van der Waals surface area (Å²) < 4.78 is 15.7. The first kappa shape index (κ1) is 21.0. The van der Waals surface area contributed by atoms with E-state index in [4.69, 9.17) is 0 Å². The Bertz CT molecular complexity index is 1280. The molecule has 0 radical (unpaired) electrons. The summed E-state index contributed by atoms with van der Waals surface area (Å²) in [6, 6.07) is 0. The first-order valence-corrected chi connectivity index (χ1v) is 11.2. The topological polar surface area (TPSA) is 125 Å². The van der Waals surface area contributed by atoms with Crippen molar-refractivity contribution in [1.82, 2.24) is 30.6 Å². The molecule has 10 heteroatoms. The van der Waals surface area contributed by atoms with E-state index in [1.54, 1.807) is 6.20 Å². The third-order valence-electron chi connectivity index (χ3n) is 6.10. The third kappa shape index (κ3) is 3.33. The van der Waals surface area contributed by atoms with Crippen LogP contribution in [0.2, 0.25) is 0 Å². The standard InChI is InChI=1S/C21H18FN7O2.C2H6/c22-16-13-9(1-2-10-14-12(28-17(10)13)4-6-23-20(14)30)7-25-19(16)29-18-15-11(26-8-27-18)3-5-24-21(15)31;1-2/h7-8,28H,1-6H2,(H,23,30)(H,24,31)(H,25,26,27,29);1-2H3.